The van der Waals surface area contributed by atoms with Gasteiger partial charge in [-0.05, 0) is 63.0 Å². The van der Waals surface area contributed by atoms with Crippen molar-refractivity contribution in [3.05, 3.63) is 63.9 Å². The molecular formula is C23H30ClN3O2. The van der Waals surface area contributed by atoms with Crippen molar-refractivity contribution in [2.24, 2.45) is 0 Å². The topological polar surface area (TPSA) is 54.5 Å². The number of methoxy groups -OCH3 is 1. The average Bonchev–Trinajstić information content (AvgIpc) is 2.73. The molecule has 1 aliphatic heterocycles. The van der Waals surface area contributed by atoms with Crippen LogP contribution in [0.2, 0.25) is 5.02 Å². The summed E-state index contributed by atoms with van der Waals surface area (Å²) in [6, 6.07) is 11.9. The zero-order chi connectivity index (χ0) is 20.6. The minimum atomic E-state index is -0.0397. The summed E-state index contributed by atoms with van der Waals surface area (Å²) in [4.78, 5) is 19.9. The minimum Gasteiger partial charge on any atom is -0.385 e. The van der Waals surface area contributed by atoms with Gasteiger partial charge in [0.05, 0.1) is 11.3 Å². The van der Waals surface area contributed by atoms with Gasteiger partial charge in [-0.1, -0.05) is 29.8 Å². The van der Waals surface area contributed by atoms with Gasteiger partial charge in [-0.25, -0.2) is 0 Å². The first-order chi connectivity index (χ1) is 14.1. The minimum absolute atomic E-state index is 0.0397. The molecule has 0 bridgehead atoms. The third-order valence-electron chi connectivity index (χ3n) is 5.45. The lowest BCUT2D eigenvalue weighted by Gasteiger charge is -2.32. The van der Waals surface area contributed by atoms with Crippen LogP contribution in [0.15, 0.2) is 36.4 Å². The summed E-state index contributed by atoms with van der Waals surface area (Å²) in [5.74, 6) is 0.263. The fourth-order valence-corrected chi connectivity index (χ4v) is 4.02. The third kappa shape index (κ3) is 6.01. The number of piperidine rings is 1. The van der Waals surface area contributed by atoms with Crippen LogP contribution in [0.25, 0.3) is 0 Å². The normalized spacial score (nSPS) is 15.4. The number of likely N-dealkylation sites (tertiary alicyclic amines) is 1. The molecule has 1 aromatic carbocycles. The van der Waals surface area contributed by atoms with E-state index in [0.29, 0.717) is 24.6 Å². The summed E-state index contributed by atoms with van der Waals surface area (Å²) >= 11 is 6.31. The molecule has 1 saturated heterocycles. The Balaban J connectivity index is 1.63. The van der Waals surface area contributed by atoms with Crippen molar-refractivity contribution < 1.29 is 9.53 Å². The molecule has 3 rings (SSSR count). The van der Waals surface area contributed by atoms with Crippen molar-refractivity contribution in [3.63, 3.8) is 0 Å². The molecule has 156 valence electrons. The van der Waals surface area contributed by atoms with Crippen molar-refractivity contribution in [2.45, 2.75) is 38.6 Å². The number of aromatic nitrogens is 1. The number of hydrogen-bond acceptors (Lipinski definition) is 4. The monoisotopic (exact) mass is 415 g/mol. The van der Waals surface area contributed by atoms with Gasteiger partial charge in [-0.15, -0.1) is 0 Å². The third-order valence-corrected chi connectivity index (χ3v) is 5.81. The maximum absolute atomic E-state index is 12.7. The van der Waals surface area contributed by atoms with E-state index in [0.717, 1.165) is 60.9 Å². The van der Waals surface area contributed by atoms with Crippen LogP contribution in [-0.4, -0.2) is 49.1 Å². The first-order valence-electron chi connectivity index (χ1n) is 10.3. The maximum Gasteiger partial charge on any atom is 0.253 e. The van der Waals surface area contributed by atoms with E-state index >= 15 is 0 Å². The van der Waals surface area contributed by atoms with Gasteiger partial charge in [0.25, 0.3) is 5.91 Å². The van der Waals surface area contributed by atoms with E-state index in [1.54, 1.807) is 7.11 Å². The molecule has 0 aliphatic carbocycles. The van der Waals surface area contributed by atoms with Gasteiger partial charge < -0.3 is 10.1 Å². The Morgan fingerprint density at radius 2 is 2.00 bits per heavy atom. The Morgan fingerprint density at radius 1 is 1.24 bits per heavy atom. The molecule has 1 aliphatic rings. The average molecular weight is 416 g/mol. The molecule has 0 unspecified atom stereocenters. The standard InChI is InChI=1S/C23H30ClN3O2/c1-17-8-9-20(23(28)25-12-5-15-29-2)22(26-17)18-10-13-27(14-11-18)16-19-6-3-4-7-21(19)24/h3-4,6-9,18H,5,10-16H2,1-2H3,(H,25,28). The number of pyridine rings is 1. The number of rotatable bonds is 8. The van der Waals surface area contributed by atoms with Crippen LogP contribution < -0.4 is 5.32 Å². The van der Waals surface area contributed by atoms with E-state index in [9.17, 15) is 4.79 Å². The highest BCUT2D eigenvalue weighted by Gasteiger charge is 2.26. The number of ether oxygens (including phenoxy) is 1. The summed E-state index contributed by atoms with van der Waals surface area (Å²) < 4.78 is 5.05. The molecule has 0 saturated carbocycles. The molecule has 0 atom stereocenters. The highest BCUT2D eigenvalue weighted by molar-refractivity contribution is 6.31. The molecule has 1 amide bonds. The number of benzene rings is 1. The van der Waals surface area contributed by atoms with Gasteiger partial charge in [0.2, 0.25) is 0 Å². The Morgan fingerprint density at radius 3 is 2.72 bits per heavy atom. The maximum atomic E-state index is 12.7. The lowest BCUT2D eigenvalue weighted by molar-refractivity contribution is 0.0945. The number of nitrogens with one attached hydrogen (secondary N) is 1. The fraction of sp³-hybridized carbons (Fsp3) is 0.478. The first kappa shape index (κ1) is 21.8. The number of halogens is 1. The lowest BCUT2D eigenvalue weighted by Crippen LogP contribution is -2.34. The van der Waals surface area contributed by atoms with E-state index < -0.39 is 0 Å². The van der Waals surface area contributed by atoms with Crippen LogP contribution >= 0.6 is 11.6 Å². The second-order valence-corrected chi connectivity index (χ2v) is 8.04. The summed E-state index contributed by atoms with van der Waals surface area (Å²) in [5.41, 5.74) is 3.76. The number of carbonyl (C=O) groups excluding carboxylic acids is 1. The van der Waals surface area contributed by atoms with Gasteiger partial charge in [0.1, 0.15) is 0 Å². The molecule has 6 heteroatoms. The number of amides is 1. The van der Waals surface area contributed by atoms with Crippen molar-refractivity contribution in [2.75, 3.05) is 33.4 Å². The van der Waals surface area contributed by atoms with E-state index in [1.807, 2.05) is 37.3 Å². The predicted octanol–water partition coefficient (Wildman–Crippen LogP) is 4.19. The molecule has 0 spiro atoms. The van der Waals surface area contributed by atoms with E-state index in [2.05, 4.69) is 16.3 Å². The summed E-state index contributed by atoms with van der Waals surface area (Å²) in [6.07, 6.45) is 2.78. The quantitative estimate of drug-likeness (QED) is 0.657. The molecule has 1 aromatic heterocycles. The van der Waals surface area contributed by atoms with Crippen LogP contribution in [0.5, 0.6) is 0 Å². The van der Waals surface area contributed by atoms with Gasteiger partial charge in [-0.3, -0.25) is 14.7 Å². The second-order valence-electron chi connectivity index (χ2n) is 7.63. The van der Waals surface area contributed by atoms with Gasteiger partial charge in [-0.2, -0.15) is 0 Å². The van der Waals surface area contributed by atoms with Crippen LogP contribution in [0.3, 0.4) is 0 Å². The van der Waals surface area contributed by atoms with Crippen molar-refractivity contribution in [3.8, 4) is 0 Å². The van der Waals surface area contributed by atoms with E-state index in [4.69, 9.17) is 21.3 Å². The summed E-state index contributed by atoms with van der Waals surface area (Å²) in [6.45, 7) is 6.04. The predicted molar refractivity (Wildman–Crippen MR) is 117 cm³/mol. The largest absolute Gasteiger partial charge is 0.385 e. The van der Waals surface area contributed by atoms with Crippen LogP contribution in [0.1, 0.15) is 52.5 Å². The molecule has 1 fully saturated rings. The molecule has 1 N–H and O–H groups in total. The Bertz CT molecular complexity index is 820. The number of hydrogen-bond donors (Lipinski definition) is 1. The Labute approximate surface area is 178 Å². The summed E-state index contributed by atoms with van der Waals surface area (Å²) in [7, 11) is 1.67. The SMILES string of the molecule is COCCCNC(=O)c1ccc(C)nc1C1CCN(Cc2ccccc2Cl)CC1. The molecule has 0 radical (unpaired) electrons. The van der Waals surface area contributed by atoms with E-state index in [1.165, 1.54) is 0 Å². The van der Waals surface area contributed by atoms with E-state index in [-0.39, 0.29) is 5.91 Å². The van der Waals surface area contributed by atoms with Gasteiger partial charge >= 0.3 is 0 Å². The molecule has 29 heavy (non-hydrogen) atoms. The van der Waals surface area contributed by atoms with Crippen LogP contribution in [0.4, 0.5) is 0 Å². The Hall–Kier alpha value is -1.95. The van der Waals surface area contributed by atoms with Crippen molar-refractivity contribution >= 4 is 17.5 Å². The van der Waals surface area contributed by atoms with Crippen LogP contribution in [0, 0.1) is 6.92 Å². The smallest absolute Gasteiger partial charge is 0.253 e. The molecule has 2 aromatic rings. The van der Waals surface area contributed by atoms with Crippen molar-refractivity contribution in [1.82, 2.24) is 15.2 Å². The Kier molecular flexibility index (Phi) is 8.04. The molecule has 2 heterocycles. The molecule has 5 nitrogen and oxygen atoms in total. The first-order valence-corrected chi connectivity index (χ1v) is 10.7. The van der Waals surface area contributed by atoms with Gasteiger partial charge in [0, 0.05) is 43.4 Å². The molecular weight excluding hydrogens is 386 g/mol. The number of aryl methyl sites for hydroxylation is 1. The second kappa shape index (κ2) is 10.7. The van der Waals surface area contributed by atoms with Gasteiger partial charge in [0.15, 0.2) is 0 Å². The highest BCUT2D eigenvalue weighted by Crippen LogP contribution is 2.30. The van der Waals surface area contributed by atoms with Crippen LogP contribution in [-0.2, 0) is 11.3 Å². The fourth-order valence-electron chi connectivity index (χ4n) is 3.83. The zero-order valence-corrected chi connectivity index (χ0v) is 18.0. The number of nitrogens with zero attached hydrogens (tertiary/aromatic N) is 2. The summed E-state index contributed by atoms with van der Waals surface area (Å²) in [5, 5.41) is 3.82. The van der Waals surface area contributed by atoms with Crippen molar-refractivity contribution in [1.29, 1.82) is 0 Å². The number of carbonyl (C=O) groups is 1. The highest BCUT2D eigenvalue weighted by atomic mass is 35.5. The zero-order valence-electron chi connectivity index (χ0n) is 17.3. The lowest BCUT2D eigenvalue weighted by atomic mass is 9.89.